The van der Waals surface area contributed by atoms with Crippen molar-refractivity contribution in [2.45, 2.75) is 4.21 Å². The molecule has 3 aromatic heterocycles. The summed E-state index contributed by atoms with van der Waals surface area (Å²) in [6, 6.07) is 15.5. The standard InChI is InChI=1S/C23H22N4O2S2/c1-27(2)11-12-30-21-10-9-17(31-21)14-20-23(29)25-19(22(28)26-20)13-16-8-7-15-5-3-4-6-18(15)24-16/h3-10,13-14H,11-12H2,1-2H3,(H,25,29)(H,26,28)/b19-13-,20-14-. The monoisotopic (exact) mass is 450 g/mol. The van der Waals surface area contributed by atoms with Gasteiger partial charge in [-0.25, -0.2) is 4.98 Å². The van der Waals surface area contributed by atoms with Gasteiger partial charge in [-0.2, -0.15) is 0 Å². The maximum absolute atomic E-state index is 12.6. The molecule has 4 aromatic rings. The Morgan fingerprint density at radius 3 is 2.48 bits per heavy atom. The maximum Gasteiger partial charge on any atom is 0.272 e. The van der Waals surface area contributed by atoms with E-state index in [1.165, 1.54) is 4.21 Å². The largest absolute Gasteiger partial charge is 0.316 e. The van der Waals surface area contributed by atoms with Crippen molar-refractivity contribution in [2.24, 2.45) is 0 Å². The molecule has 31 heavy (non-hydrogen) atoms. The molecule has 0 saturated carbocycles. The van der Waals surface area contributed by atoms with Gasteiger partial charge in [-0.1, -0.05) is 24.3 Å². The molecule has 158 valence electrons. The number of aromatic amines is 2. The minimum atomic E-state index is -0.363. The van der Waals surface area contributed by atoms with Crippen LogP contribution in [0.4, 0.5) is 0 Å². The van der Waals surface area contributed by atoms with E-state index < -0.39 is 0 Å². The number of aromatic nitrogens is 3. The van der Waals surface area contributed by atoms with Crippen molar-refractivity contribution in [1.82, 2.24) is 19.9 Å². The lowest BCUT2D eigenvalue weighted by molar-refractivity contribution is 0.437. The number of benzene rings is 1. The van der Waals surface area contributed by atoms with Crippen LogP contribution in [0.1, 0.15) is 10.6 Å². The number of hydrogen-bond acceptors (Lipinski definition) is 6. The fourth-order valence-corrected chi connectivity index (χ4v) is 5.24. The van der Waals surface area contributed by atoms with Crippen LogP contribution in [0.2, 0.25) is 0 Å². The molecule has 2 N–H and O–H groups in total. The third-order valence-electron chi connectivity index (χ3n) is 4.57. The highest BCUT2D eigenvalue weighted by Crippen LogP contribution is 2.27. The summed E-state index contributed by atoms with van der Waals surface area (Å²) in [6.45, 7) is 0.999. The highest BCUT2D eigenvalue weighted by atomic mass is 32.2. The molecule has 0 bridgehead atoms. The van der Waals surface area contributed by atoms with Crippen LogP contribution in [-0.4, -0.2) is 46.2 Å². The third-order valence-corrected chi connectivity index (χ3v) is 6.81. The van der Waals surface area contributed by atoms with Gasteiger partial charge in [-0.15, -0.1) is 23.1 Å². The lowest BCUT2D eigenvalue weighted by Crippen LogP contribution is -2.46. The van der Waals surface area contributed by atoms with Crippen LogP contribution < -0.4 is 21.8 Å². The Morgan fingerprint density at radius 1 is 0.968 bits per heavy atom. The molecular formula is C23H22N4O2S2. The molecule has 8 heteroatoms. The van der Waals surface area contributed by atoms with Gasteiger partial charge in [0.25, 0.3) is 11.1 Å². The molecule has 0 spiro atoms. The number of H-pyrrole nitrogens is 2. The van der Waals surface area contributed by atoms with Crippen molar-refractivity contribution >= 4 is 46.2 Å². The number of para-hydroxylation sites is 1. The summed E-state index contributed by atoms with van der Waals surface area (Å²) in [6.07, 6.45) is 3.29. The fourth-order valence-electron chi connectivity index (χ4n) is 2.97. The Kier molecular flexibility index (Phi) is 6.50. The summed E-state index contributed by atoms with van der Waals surface area (Å²) in [5.41, 5.74) is 0.728. The smallest absolute Gasteiger partial charge is 0.272 e. The van der Waals surface area contributed by atoms with Crippen LogP contribution in [0.25, 0.3) is 23.1 Å². The highest BCUT2D eigenvalue weighted by Gasteiger charge is 2.02. The Labute approximate surface area is 187 Å². The van der Waals surface area contributed by atoms with Gasteiger partial charge in [0.15, 0.2) is 0 Å². The fraction of sp³-hybridized carbons (Fsp3) is 0.174. The van der Waals surface area contributed by atoms with Gasteiger partial charge < -0.3 is 14.9 Å². The van der Waals surface area contributed by atoms with Crippen LogP contribution in [0.15, 0.2) is 62.3 Å². The van der Waals surface area contributed by atoms with E-state index in [4.69, 9.17) is 0 Å². The van der Waals surface area contributed by atoms with E-state index in [0.29, 0.717) is 5.69 Å². The van der Waals surface area contributed by atoms with Crippen LogP contribution in [0.3, 0.4) is 0 Å². The molecule has 0 fully saturated rings. The molecule has 6 nitrogen and oxygen atoms in total. The van der Waals surface area contributed by atoms with Crippen LogP contribution in [-0.2, 0) is 0 Å². The average Bonchev–Trinajstić information content (AvgIpc) is 3.18. The number of nitrogens with zero attached hydrogens (tertiary/aromatic N) is 2. The SMILES string of the molecule is CN(C)CCSc1ccc(/C=c2\[nH]c(=O)/c(=C/c3ccc4ccccc4n3)[nH]c2=O)s1. The molecule has 0 aliphatic rings. The van der Waals surface area contributed by atoms with Crippen molar-refractivity contribution in [3.8, 4) is 0 Å². The predicted molar refractivity (Wildman–Crippen MR) is 129 cm³/mol. The van der Waals surface area contributed by atoms with Gasteiger partial charge in [-0.05, 0) is 50.5 Å². The number of thioether (sulfide) groups is 1. The minimum absolute atomic E-state index is 0.177. The molecule has 0 atom stereocenters. The van der Waals surface area contributed by atoms with Crippen LogP contribution in [0.5, 0.6) is 0 Å². The van der Waals surface area contributed by atoms with E-state index in [0.717, 1.165) is 28.1 Å². The van der Waals surface area contributed by atoms with Gasteiger partial charge in [0.2, 0.25) is 0 Å². The third kappa shape index (κ3) is 5.41. The second-order valence-electron chi connectivity index (χ2n) is 7.26. The van der Waals surface area contributed by atoms with Crippen molar-refractivity contribution < 1.29 is 0 Å². The Hall–Kier alpha value is -2.94. The first-order valence-electron chi connectivity index (χ1n) is 9.77. The summed E-state index contributed by atoms with van der Waals surface area (Å²) in [5.74, 6) is 0.998. The van der Waals surface area contributed by atoms with Crippen molar-refractivity contribution in [2.75, 3.05) is 26.4 Å². The van der Waals surface area contributed by atoms with E-state index >= 15 is 0 Å². The second-order valence-corrected chi connectivity index (χ2v) is 9.77. The molecule has 0 radical (unpaired) electrons. The number of fused-ring (bicyclic) bond motifs is 1. The summed E-state index contributed by atoms with van der Waals surface area (Å²) in [4.78, 5) is 38.1. The van der Waals surface area contributed by atoms with Gasteiger partial charge >= 0.3 is 0 Å². The summed E-state index contributed by atoms with van der Waals surface area (Å²) in [5, 5.41) is 1.43. The number of hydrogen-bond donors (Lipinski definition) is 2. The average molecular weight is 451 g/mol. The summed E-state index contributed by atoms with van der Waals surface area (Å²) >= 11 is 3.38. The first kappa shape index (κ1) is 21.3. The lowest BCUT2D eigenvalue weighted by Gasteiger charge is -2.07. The van der Waals surface area contributed by atoms with E-state index in [2.05, 4.69) is 19.9 Å². The molecule has 1 aromatic carbocycles. The van der Waals surface area contributed by atoms with Crippen LogP contribution >= 0.6 is 23.1 Å². The predicted octanol–water partition coefficient (Wildman–Crippen LogP) is 1.98. The van der Waals surface area contributed by atoms with Crippen LogP contribution in [0, 0.1) is 0 Å². The zero-order valence-corrected chi connectivity index (χ0v) is 18.8. The lowest BCUT2D eigenvalue weighted by atomic mass is 10.2. The second kappa shape index (κ2) is 9.47. The normalized spacial score (nSPS) is 12.9. The van der Waals surface area contributed by atoms with Crippen molar-refractivity contribution in [3.05, 3.63) is 90.5 Å². The molecule has 0 aliphatic carbocycles. The molecule has 0 unspecified atom stereocenters. The van der Waals surface area contributed by atoms with E-state index in [1.807, 2.05) is 62.6 Å². The van der Waals surface area contributed by atoms with Gasteiger partial charge in [0.05, 0.1) is 15.4 Å². The molecular weight excluding hydrogens is 428 g/mol. The van der Waals surface area contributed by atoms with Crippen molar-refractivity contribution in [1.29, 1.82) is 0 Å². The topological polar surface area (TPSA) is 81.8 Å². The van der Waals surface area contributed by atoms with Gasteiger partial charge in [-0.3, -0.25) is 9.59 Å². The first-order chi connectivity index (χ1) is 15.0. The summed E-state index contributed by atoms with van der Waals surface area (Å²) < 4.78 is 1.18. The molecule has 0 saturated heterocycles. The number of pyridine rings is 1. The number of rotatable bonds is 6. The van der Waals surface area contributed by atoms with Crippen molar-refractivity contribution in [3.63, 3.8) is 0 Å². The quantitative estimate of drug-likeness (QED) is 0.439. The minimum Gasteiger partial charge on any atom is -0.316 e. The van der Waals surface area contributed by atoms with Gasteiger partial charge in [0.1, 0.15) is 10.7 Å². The summed E-state index contributed by atoms with van der Waals surface area (Å²) in [7, 11) is 4.10. The molecule has 0 amide bonds. The molecule has 3 heterocycles. The molecule has 0 aliphatic heterocycles. The van der Waals surface area contributed by atoms with E-state index in [-0.39, 0.29) is 21.8 Å². The zero-order valence-electron chi connectivity index (χ0n) is 17.2. The Morgan fingerprint density at radius 2 is 1.71 bits per heavy atom. The number of nitrogens with one attached hydrogen (secondary N) is 2. The Balaban J connectivity index is 1.62. The molecule has 4 rings (SSSR count). The zero-order chi connectivity index (χ0) is 21.8. The first-order valence-corrected chi connectivity index (χ1v) is 11.6. The van der Waals surface area contributed by atoms with E-state index in [9.17, 15) is 9.59 Å². The highest BCUT2D eigenvalue weighted by molar-refractivity contribution is 8.01. The van der Waals surface area contributed by atoms with E-state index in [1.54, 1.807) is 35.3 Å². The maximum atomic E-state index is 12.6. The number of thiophene rings is 1. The van der Waals surface area contributed by atoms with Gasteiger partial charge in [0, 0.05) is 22.6 Å². The Bertz CT molecular complexity index is 1450.